The number of nitrogens with one attached hydrogen (secondary N) is 3. The van der Waals surface area contributed by atoms with Gasteiger partial charge in [0.05, 0.1) is 32.1 Å². The maximum Gasteiger partial charge on any atom is 0.272 e. The first-order valence-corrected chi connectivity index (χ1v) is 11.0. The number of nitrogens with zero attached hydrogens (tertiary/aromatic N) is 1. The van der Waals surface area contributed by atoms with E-state index in [0.717, 1.165) is 0 Å². The van der Waals surface area contributed by atoms with Gasteiger partial charge in [-0.05, 0) is 35.8 Å². The summed E-state index contributed by atoms with van der Waals surface area (Å²) in [6, 6.07) is 5.48. The van der Waals surface area contributed by atoms with Crippen LogP contribution in [0.1, 0.15) is 11.3 Å². The van der Waals surface area contributed by atoms with Crippen LogP contribution in [-0.4, -0.2) is 52.6 Å². The van der Waals surface area contributed by atoms with Crippen LogP contribution >= 0.6 is 0 Å². The number of aromatic amines is 1. The summed E-state index contributed by atoms with van der Waals surface area (Å²) in [5.41, 5.74) is 9.90. The molecule has 33 heavy (non-hydrogen) atoms. The molecule has 13 nitrogen and oxygen atoms in total. The van der Waals surface area contributed by atoms with Crippen molar-refractivity contribution < 1.29 is 27.5 Å². The molecule has 0 fully saturated rings. The number of carbonyl (C=O) groups is 1. The molecule has 0 aliphatic heterocycles. The van der Waals surface area contributed by atoms with E-state index in [1.165, 1.54) is 38.5 Å². The summed E-state index contributed by atoms with van der Waals surface area (Å²) in [6.45, 7) is 1.71. The van der Waals surface area contributed by atoms with Crippen LogP contribution in [0.5, 0.6) is 11.5 Å². The first-order chi connectivity index (χ1) is 15.6. The molecule has 0 bridgehead atoms. The Morgan fingerprint density at radius 2 is 1.85 bits per heavy atom. The van der Waals surface area contributed by atoms with Gasteiger partial charge in [-0.3, -0.25) is 14.3 Å². The van der Waals surface area contributed by atoms with Crippen molar-refractivity contribution in [3.05, 3.63) is 45.9 Å². The SMILES string of the molecule is COc1ccc(S(=O)(=O)Nc2c(CC(=O)NCCON=C(N)N)cc(C)[nH]c2=O)cc1OC. The maximum atomic E-state index is 12.9. The van der Waals surface area contributed by atoms with E-state index < -0.39 is 21.5 Å². The number of aryl methyl sites for hydroxylation is 1. The number of hydrogen-bond acceptors (Lipinski definition) is 8. The molecule has 1 heterocycles. The zero-order chi connectivity index (χ0) is 24.6. The number of nitrogens with two attached hydrogens (primary N) is 2. The number of carbonyl (C=O) groups excluding carboxylic acids is 1. The van der Waals surface area contributed by atoms with Crippen LogP contribution in [-0.2, 0) is 26.1 Å². The van der Waals surface area contributed by atoms with Crippen molar-refractivity contribution in [2.45, 2.75) is 18.2 Å². The molecule has 0 atom stereocenters. The first-order valence-electron chi connectivity index (χ1n) is 9.52. The van der Waals surface area contributed by atoms with Gasteiger partial charge in [0, 0.05) is 11.8 Å². The number of rotatable bonds is 11. The lowest BCUT2D eigenvalue weighted by atomic mass is 10.1. The van der Waals surface area contributed by atoms with Crippen molar-refractivity contribution in [2.24, 2.45) is 16.6 Å². The van der Waals surface area contributed by atoms with E-state index in [9.17, 15) is 18.0 Å². The number of oxime groups is 1. The highest BCUT2D eigenvalue weighted by molar-refractivity contribution is 7.92. The number of amides is 1. The number of H-pyrrole nitrogens is 1. The summed E-state index contributed by atoms with van der Waals surface area (Å²) in [6.07, 6.45) is -0.267. The molecule has 1 amide bonds. The normalized spacial score (nSPS) is 10.8. The van der Waals surface area contributed by atoms with Gasteiger partial charge in [-0.25, -0.2) is 8.42 Å². The minimum absolute atomic E-state index is 0.0107. The summed E-state index contributed by atoms with van der Waals surface area (Å²) in [7, 11) is -1.41. The fourth-order valence-electron chi connectivity index (χ4n) is 2.78. The molecule has 1 aromatic carbocycles. The van der Waals surface area contributed by atoms with E-state index in [-0.39, 0.29) is 47.4 Å². The second-order valence-electron chi connectivity index (χ2n) is 6.68. The van der Waals surface area contributed by atoms with Gasteiger partial charge >= 0.3 is 0 Å². The van der Waals surface area contributed by atoms with Crippen LogP contribution in [0.3, 0.4) is 0 Å². The van der Waals surface area contributed by atoms with E-state index in [2.05, 4.69) is 20.2 Å². The molecule has 0 radical (unpaired) electrons. The number of pyridine rings is 1. The fourth-order valence-corrected chi connectivity index (χ4v) is 3.90. The van der Waals surface area contributed by atoms with Crippen molar-refractivity contribution in [3.8, 4) is 11.5 Å². The van der Waals surface area contributed by atoms with E-state index in [1.807, 2.05) is 0 Å². The molecule has 1 aromatic heterocycles. The lowest BCUT2D eigenvalue weighted by molar-refractivity contribution is -0.120. The van der Waals surface area contributed by atoms with Gasteiger partial charge in [0.25, 0.3) is 15.6 Å². The average Bonchev–Trinajstić information content (AvgIpc) is 2.75. The predicted octanol–water partition coefficient (Wildman–Crippen LogP) is -0.635. The third kappa shape index (κ3) is 7.03. The third-order valence-corrected chi connectivity index (χ3v) is 5.54. The summed E-state index contributed by atoms with van der Waals surface area (Å²) in [5.74, 6) is -0.196. The molecule has 7 N–H and O–H groups in total. The second-order valence-corrected chi connectivity index (χ2v) is 8.36. The van der Waals surface area contributed by atoms with E-state index >= 15 is 0 Å². The Hall–Kier alpha value is -3.94. The fraction of sp³-hybridized carbons (Fsp3) is 0.316. The number of aromatic nitrogens is 1. The molecule has 0 unspecified atom stereocenters. The van der Waals surface area contributed by atoms with Crippen molar-refractivity contribution in [1.29, 1.82) is 0 Å². The molecule has 14 heteroatoms. The van der Waals surface area contributed by atoms with Gasteiger partial charge in [0.2, 0.25) is 11.9 Å². The molecule has 180 valence electrons. The standard InChI is InChI=1S/C19H26N6O7S/c1-11-8-12(9-16(26)22-6-7-32-24-19(20)21)17(18(27)23-11)25-33(28,29)13-4-5-14(30-2)15(10-13)31-3/h4-5,8,10,25H,6-7,9H2,1-3H3,(H,22,26)(H,23,27)(H4,20,21,24). The number of hydrogen-bond donors (Lipinski definition) is 5. The Kier molecular flexibility index (Phi) is 8.50. The Morgan fingerprint density at radius 1 is 1.15 bits per heavy atom. The Morgan fingerprint density at radius 3 is 2.48 bits per heavy atom. The topological polar surface area (TPSA) is 200 Å². The maximum absolute atomic E-state index is 12.9. The van der Waals surface area contributed by atoms with Gasteiger partial charge in [-0.15, -0.1) is 0 Å². The van der Waals surface area contributed by atoms with Crippen molar-refractivity contribution in [3.63, 3.8) is 0 Å². The van der Waals surface area contributed by atoms with Crippen LogP contribution in [0.2, 0.25) is 0 Å². The van der Waals surface area contributed by atoms with Crippen LogP contribution in [0, 0.1) is 6.92 Å². The van der Waals surface area contributed by atoms with Gasteiger partial charge in [-0.2, -0.15) is 0 Å². The van der Waals surface area contributed by atoms with E-state index in [4.69, 9.17) is 25.8 Å². The Labute approximate surface area is 190 Å². The molecule has 0 spiro atoms. The minimum Gasteiger partial charge on any atom is -0.493 e. The zero-order valence-corrected chi connectivity index (χ0v) is 19.1. The van der Waals surface area contributed by atoms with Crippen LogP contribution in [0.15, 0.2) is 39.1 Å². The average molecular weight is 483 g/mol. The number of ether oxygens (including phenoxy) is 2. The molecule has 0 aliphatic rings. The molecule has 2 aromatic rings. The van der Waals surface area contributed by atoms with E-state index in [0.29, 0.717) is 11.4 Å². The summed E-state index contributed by atoms with van der Waals surface area (Å²) < 4.78 is 38.4. The largest absolute Gasteiger partial charge is 0.493 e. The molecule has 0 saturated carbocycles. The van der Waals surface area contributed by atoms with Gasteiger partial charge in [0.15, 0.2) is 11.5 Å². The Balaban J connectivity index is 2.24. The number of guanidine groups is 1. The third-order valence-electron chi connectivity index (χ3n) is 4.19. The molecule has 0 aliphatic carbocycles. The highest BCUT2D eigenvalue weighted by atomic mass is 32.2. The summed E-state index contributed by atoms with van der Waals surface area (Å²) in [5, 5.41) is 5.88. The highest BCUT2D eigenvalue weighted by Gasteiger charge is 2.22. The minimum atomic E-state index is -4.19. The van der Waals surface area contributed by atoms with Gasteiger partial charge in [0.1, 0.15) is 12.3 Å². The van der Waals surface area contributed by atoms with Gasteiger partial charge < -0.3 is 36.1 Å². The van der Waals surface area contributed by atoms with Crippen LogP contribution in [0.4, 0.5) is 5.69 Å². The van der Waals surface area contributed by atoms with Crippen molar-refractivity contribution in [1.82, 2.24) is 10.3 Å². The van der Waals surface area contributed by atoms with Crippen molar-refractivity contribution in [2.75, 3.05) is 32.1 Å². The summed E-state index contributed by atoms with van der Waals surface area (Å²) in [4.78, 5) is 31.9. The molecular formula is C19H26N6O7S. The summed E-state index contributed by atoms with van der Waals surface area (Å²) >= 11 is 0. The van der Waals surface area contributed by atoms with Crippen LogP contribution in [0.25, 0.3) is 0 Å². The molecule has 2 rings (SSSR count). The molecular weight excluding hydrogens is 456 g/mol. The van der Waals surface area contributed by atoms with Crippen molar-refractivity contribution >= 4 is 27.6 Å². The predicted molar refractivity (Wildman–Crippen MR) is 121 cm³/mol. The zero-order valence-electron chi connectivity index (χ0n) is 18.3. The van der Waals surface area contributed by atoms with Crippen LogP contribution < -0.4 is 36.5 Å². The highest BCUT2D eigenvalue weighted by Crippen LogP contribution is 2.30. The lowest BCUT2D eigenvalue weighted by Crippen LogP contribution is -2.30. The number of methoxy groups -OCH3 is 2. The smallest absolute Gasteiger partial charge is 0.272 e. The first kappa shape index (κ1) is 25.3. The monoisotopic (exact) mass is 482 g/mol. The quantitative estimate of drug-likeness (QED) is 0.120. The Bertz CT molecular complexity index is 1190. The second kappa shape index (κ2) is 11.1. The van der Waals surface area contributed by atoms with Gasteiger partial charge in [-0.1, -0.05) is 0 Å². The number of anilines is 1. The molecule has 0 saturated heterocycles. The van der Waals surface area contributed by atoms with E-state index in [1.54, 1.807) is 6.92 Å². The number of sulfonamides is 1. The number of benzene rings is 1. The lowest BCUT2D eigenvalue weighted by Gasteiger charge is -2.14.